The summed E-state index contributed by atoms with van der Waals surface area (Å²) in [5.41, 5.74) is -0.266. The van der Waals surface area contributed by atoms with E-state index in [1.165, 1.54) is 25.7 Å². The number of amides is 1. The van der Waals surface area contributed by atoms with Crippen molar-refractivity contribution in [3.05, 3.63) is 0 Å². The van der Waals surface area contributed by atoms with Gasteiger partial charge in [0.25, 0.3) is 0 Å². The largest absolute Gasteiger partial charge is 0.396 e. The van der Waals surface area contributed by atoms with E-state index < -0.39 is 0 Å². The van der Waals surface area contributed by atoms with Crippen LogP contribution in [-0.2, 0) is 4.79 Å². The van der Waals surface area contributed by atoms with E-state index in [2.05, 4.69) is 5.32 Å². The molecule has 0 aromatic carbocycles. The van der Waals surface area contributed by atoms with Gasteiger partial charge in [0.1, 0.15) is 0 Å². The van der Waals surface area contributed by atoms with Crippen molar-refractivity contribution in [2.24, 2.45) is 17.8 Å². The third-order valence-corrected chi connectivity index (χ3v) is 4.16. The Balaban J connectivity index is 1.85. The fraction of sp³-hybridized carbons (Fsp3) is 0.923. The molecule has 2 fully saturated rings. The third-order valence-electron chi connectivity index (χ3n) is 4.16. The Hall–Kier alpha value is -0.570. The van der Waals surface area contributed by atoms with Gasteiger partial charge in [0.2, 0.25) is 5.91 Å². The molecule has 2 N–H and O–H groups in total. The molecule has 2 aliphatic rings. The van der Waals surface area contributed by atoms with Crippen molar-refractivity contribution in [3.8, 4) is 0 Å². The zero-order valence-electron chi connectivity index (χ0n) is 10.3. The molecule has 2 unspecified atom stereocenters. The summed E-state index contributed by atoms with van der Waals surface area (Å²) in [7, 11) is 0. The van der Waals surface area contributed by atoms with E-state index >= 15 is 0 Å². The monoisotopic (exact) mass is 225 g/mol. The Morgan fingerprint density at radius 3 is 2.38 bits per heavy atom. The molecule has 0 saturated heterocycles. The highest BCUT2D eigenvalue weighted by Crippen LogP contribution is 2.55. The molecule has 0 bridgehead atoms. The van der Waals surface area contributed by atoms with Crippen LogP contribution in [0.3, 0.4) is 0 Å². The van der Waals surface area contributed by atoms with Crippen LogP contribution >= 0.6 is 0 Å². The number of carbonyl (C=O) groups excluding carboxylic acids is 1. The molecule has 0 heterocycles. The highest BCUT2D eigenvalue weighted by Gasteiger charge is 2.55. The maximum Gasteiger partial charge on any atom is 0.224 e. The second kappa shape index (κ2) is 4.36. The summed E-state index contributed by atoms with van der Waals surface area (Å²) in [5, 5.41) is 12.0. The van der Waals surface area contributed by atoms with Crippen LogP contribution in [0.25, 0.3) is 0 Å². The Labute approximate surface area is 97.6 Å². The number of aliphatic hydroxyl groups excluding tert-OH is 1. The smallest absolute Gasteiger partial charge is 0.224 e. The molecule has 3 heteroatoms. The fourth-order valence-electron chi connectivity index (χ4n) is 3.14. The second-order valence-corrected chi connectivity index (χ2v) is 5.98. The lowest BCUT2D eigenvalue weighted by Crippen LogP contribution is -2.45. The van der Waals surface area contributed by atoms with Crippen molar-refractivity contribution < 1.29 is 9.90 Å². The summed E-state index contributed by atoms with van der Waals surface area (Å²) < 4.78 is 0. The van der Waals surface area contributed by atoms with Crippen LogP contribution in [0.5, 0.6) is 0 Å². The standard InChI is InChI=1S/C13H23NO2/c1-13(2,7-8-15)14-12(16)11-9-5-3-4-6-10(9)11/h9-11,15H,3-8H2,1-2H3,(H,14,16). The van der Waals surface area contributed by atoms with Gasteiger partial charge in [-0.2, -0.15) is 0 Å². The minimum absolute atomic E-state index is 0.130. The summed E-state index contributed by atoms with van der Waals surface area (Å²) >= 11 is 0. The first-order valence-electron chi connectivity index (χ1n) is 6.48. The number of rotatable bonds is 4. The van der Waals surface area contributed by atoms with E-state index in [0.29, 0.717) is 18.3 Å². The molecule has 0 aliphatic heterocycles. The molecule has 2 saturated carbocycles. The van der Waals surface area contributed by atoms with Crippen molar-refractivity contribution in [3.63, 3.8) is 0 Å². The number of hydrogen-bond acceptors (Lipinski definition) is 2. The number of aliphatic hydroxyl groups is 1. The van der Waals surface area contributed by atoms with Crippen LogP contribution in [0.4, 0.5) is 0 Å². The van der Waals surface area contributed by atoms with Gasteiger partial charge in [-0.1, -0.05) is 12.8 Å². The summed E-state index contributed by atoms with van der Waals surface area (Å²) in [6, 6.07) is 0. The second-order valence-electron chi connectivity index (χ2n) is 5.98. The van der Waals surface area contributed by atoms with Crippen LogP contribution in [0.1, 0.15) is 46.0 Å². The van der Waals surface area contributed by atoms with Crippen LogP contribution < -0.4 is 5.32 Å². The number of fused-ring (bicyclic) bond motifs is 1. The molecule has 2 aliphatic carbocycles. The van der Waals surface area contributed by atoms with Gasteiger partial charge in [-0.15, -0.1) is 0 Å². The van der Waals surface area contributed by atoms with Gasteiger partial charge < -0.3 is 10.4 Å². The Kier molecular flexibility index (Phi) is 3.24. The van der Waals surface area contributed by atoms with E-state index in [1.54, 1.807) is 0 Å². The van der Waals surface area contributed by atoms with Gasteiger partial charge >= 0.3 is 0 Å². The average Bonchev–Trinajstić information content (AvgIpc) is 2.90. The topological polar surface area (TPSA) is 49.3 Å². The lowest BCUT2D eigenvalue weighted by molar-refractivity contribution is -0.124. The lowest BCUT2D eigenvalue weighted by atomic mass is 10.0. The number of nitrogens with one attached hydrogen (secondary N) is 1. The predicted octanol–water partition coefficient (Wildman–Crippen LogP) is 1.70. The Bertz CT molecular complexity index is 263. The zero-order valence-corrected chi connectivity index (χ0v) is 10.3. The van der Waals surface area contributed by atoms with Crippen LogP contribution in [-0.4, -0.2) is 23.2 Å². The maximum atomic E-state index is 12.1. The summed E-state index contributed by atoms with van der Waals surface area (Å²) in [6.07, 6.45) is 5.70. The van der Waals surface area contributed by atoms with Crippen molar-refractivity contribution in [1.29, 1.82) is 0 Å². The SMILES string of the molecule is CC(C)(CCO)NC(=O)C1C2CCCCC21. The van der Waals surface area contributed by atoms with Gasteiger partial charge in [0.15, 0.2) is 0 Å². The molecular formula is C13H23NO2. The number of carbonyl (C=O) groups is 1. The fourth-order valence-corrected chi connectivity index (χ4v) is 3.14. The molecule has 1 amide bonds. The van der Waals surface area contributed by atoms with Gasteiger partial charge in [0, 0.05) is 18.1 Å². The molecule has 0 aromatic heterocycles. The van der Waals surface area contributed by atoms with E-state index in [-0.39, 0.29) is 24.0 Å². The predicted molar refractivity (Wildman–Crippen MR) is 62.9 cm³/mol. The summed E-state index contributed by atoms with van der Waals surface area (Å²) in [5.74, 6) is 1.83. The molecule has 0 radical (unpaired) electrons. The van der Waals surface area contributed by atoms with Crippen molar-refractivity contribution >= 4 is 5.91 Å². The van der Waals surface area contributed by atoms with Crippen LogP contribution in [0.2, 0.25) is 0 Å². The molecule has 3 nitrogen and oxygen atoms in total. The maximum absolute atomic E-state index is 12.1. The first-order chi connectivity index (χ1) is 7.55. The number of hydrogen-bond donors (Lipinski definition) is 2. The first-order valence-corrected chi connectivity index (χ1v) is 6.48. The third kappa shape index (κ3) is 2.40. The van der Waals surface area contributed by atoms with Crippen LogP contribution in [0.15, 0.2) is 0 Å². The van der Waals surface area contributed by atoms with E-state index in [4.69, 9.17) is 5.11 Å². The first kappa shape index (κ1) is 11.9. The van der Waals surface area contributed by atoms with Gasteiger partial charge in [0.05, 0.1) is 0 Å². The Morgan fingerprint density at radius 1 is 1.31 bits per heavy atom. The van der Waals surface area contributed by atoms with E-state index in [0.717, 1.165) is 0 Å². The van der Waals surface area contributed by atoms with Crippen molar-refractivity contribution in [1.82, 2.24) is 5.32 Å². The minimum Gasteiger partial charge on any atom is -0.396 e. The van der Waals surface area contributed by atoms with Gasteiger partial charge in [-0.05, 0) is 44.9 Å². The molecular weight excluding hydrogens is 202 g/mol. The quantitative estimate of drug-likeness (QED) is 0.765. The van der Waals surface area contributed by atoms with E-state index in [1.807, 2.05) is 13.8 Å². The average molecular weight is 225 g/mol. The molecule has 16 heavy (non-hydrogen) atoms. The normalized spacial score (nSPS) is 33.1. The van der Waals surface area contributed by atoms with Crippen molar-refractivity contribution in [2.75, 3.05) is 6.61 Å². The van der Waals surface area contributed by atoms with Gasteiger partial charge in [-0.3, -0.25) is 4.79 Å². The zero-order chi connectivity index (χ0) is 11.8. The van der Waals surface area contributed by atoms with Crippen LogP contribution in [0, 0.1) is 17.8 Å². The minimum atomic E-state index is -0.266. The molecule has 92 valence electrons. The van der Waals surface area contributed by atoms with Crippen molar-refractivity contribution in [2.45, 2.75) is 51.5 Å². The molecule has 2 atom stereocenters. The molecule has 0 aromatic rings. The van der Waals surface area contributed by atoms with E-state index in [9.17, 15) is 4.79 Å². The summed E-state index contributed by atoms with van der Waals surface area (Å²) in [4.78, 5) is 12.1. The van der Waals surface area contributed by atoms with Gasteiger partial charge in [-0.25, -0.2) is 0 Å². The molecule has 0 spiro atoms. The highest BCUT2D eigenvalue weighted by molar-refractivity contribution is 5.82. The molecule has 2 rings (SSSR count). The lowest BCUT2D eigenvalue weighted by Gasteiger charge is -2.25. The summed E-state index contributed by atoms with van der Waals surface area (Å²) in [6.45, 7) is 4.09. The highest BCUT2D eigenvalue weighted by atomic mass is 16.3. The Morgan fingerprint density at radius 2 is 1.88 bits per heavy atom.